The molecule has 1 aliphatic rings. The van der Waals surface area contributed by atoms with Gasteiger partial charge in [-0.05, 0) is 37.5 Å². The van der Waals surface area contributed by atoms with E-state index >= 15 is 0 Å². The number of amides is 1. The van der Waals surface area contributed by atoms with E-state index in [-0.39, 0.29) is 17.6 Å². The zero-order valence-electron chi connectivity index (χ0n) is 13.6. The summed E-state index contributed by atoms with van der Waals surface area (Å²) in [5.74, 6) is -0.215. The number of rotatable bonds is 4. The number of aromatic nitrogens is 1. The number of thiazole rings is 1. The summed E-state index contributed by atoms with van der Waals surface area (Å²) in [4.78, 5) is 18.8. The Kier molecular flexibility index (Phi) is 5.26. The highest BCUT2D eigenvalue weighted by atomic mass is 32.1. The van der Waals surface area contributed by atoms with Crippen LogP contribution in [-0.2, 0) is 6.42 Å². The van der Waals surface area contributed by atoms with Crippen molar-refractivity contribution in [2.45, 2.75) is 32.3 Å². The molecule has 6 heteroatoms. The van der Waals surface area contributed by atoms with Crippen LogP contribution in [0.4, 0.5) is 4.39 Å². The van der Waals surface area contributed by atoms with Crippen molar-refractivity contribution in [2.24, 2.45) is 5.92 Å². The molecule has 1 aromatic carbocycles. The minimum absolute atomic E-state index is 0.0814. The first-order chi connectivity index (χ1) is 11.5. The van der Waals surface area contributed by atoms with Gasteiger partial charge in [0, 0.05) is 30.8 Å². The lowest BCUT2D eigenvalue weighted by Gasteiger charge is -2.33. The summed E-state index contributed by atoms with van der Waals surface area (Å²) in [6, 6.07) is 6.42. The van der Waals surface area contributed by atoms with E-state index in [0.717, 1.165) is 23.4 Å². The third-order valence-corrected chi connectivity index (χ3v) is 5.29. The van der Waals surface area contributed by atoms with Crippen LogP contribution in [0.2, 0.25) is 0 Å². The Labute approximate surface area is 145 Å². The molecule has 0 bridgehead atoms. The van der Waals surface area contributed by atoms with E-state index < -0.39 is 6.10 Å². The van der Waals surface area contributed by atoms with Gasteiger partial charge < -0.3 is 10.0 Å². The van der Waals surface area contributed by atoms with E-state index in [2.05, 4.69) is 4.98 Å². The van der Waals surface area contributed by atoms with Gasteiger partial charge in [-0.2, -0.15) is 0 Å². The molecular weight excluding hydrogens is 327 g/mol. The fraction of sp³-hybridized carbons (Fsp3) is 0.444. The number of benzene rings is 1. The van der Waals surface area contributed by atoms with Crippen LogP contribution >= 0.6 is 11.3 Å². The maximum absolute atomic E-state index is 13.2. The third-order valence-electron chi connectivity index (χ3n) is 4.44. The standard InChI is InChI=1S/C18H21FN2O2S/c1-12(22)14-5-3-7-21(10-14)18(23)16-11-24-17(20-16)9-13-4-2-6-15(19)8-13/h2,4,6,8,11-12,14,22H,3,5,7,9-10H2,1H3. The lowest BCUT2D eigenvalue weighted by atomic mass is 9.93. The normalized spacial score (nSPS) is 19.3. The predicted octanol–water partition coefficient (Wildman–Crippen LogP) is 3.11. The van der Waals surface area contributed by atoms with Crippen molar-refractivity contribution < 1.29 is 14.3 Å². The molecule has 1 saturated heterocycles. The molecule has 2 atom stereocenters. The number of aliphatic hydroxyl groups is 1. The molecule has 3 rings (SSSR count). The Balaban J connectivity index is 1.67. The first-order valence-corrected chi connectivity index (χ1v) is 9.07. The lowest BCUT2D eigenvalue weighted by molar-refractivity contribution is 0.0462. The van der Waals surface area contributed by atoms with Gasteiger partial charge in [0.2, 0.25) is 0 Å². The van der Waals surface area contributed by atoms with Gasteiger partial charge in [-0.25, -0.2) is 9.37 Å². The highest BCUT2D eigenvalue weighted by molar-refractivity contribution is 7.09. The Morgan fingerprint density at radius 2 is 2.38 bits per heavy atom. The molecule has 1 aromatic heterocycles. The Bertz CT molecular complexity index is 717. The minimum atomic E-state index is -0.403. The maximum atomic E-state index is 13.2. The molecule has 4 nitrogen and oxygen atoms in total. The van der Waals surface area contributed by atoms with Gasteiger partial charge in [0.1, 0.15) is 11.5 Å². The molecular formula is C18H21FN2O2S. The summed E-state index contributed by atoms with van der Waals surface area (Å²) in [7, 11) is 0. The summed E-state index contributed by atoms with van der Waals surface area (Å²) in [5, 5.41) is 12.3. The van der Waals surface area contributed by atoms with E-state index in [0.29, 0.717) is 25.2 Å². The maximum Gasteiger partial charge on any atom is 0.273 e. The fourth-order valence-electron chi connectivity index (χ4n) is 3.06. The topological polar surface area (TPSA) is 53.4 Å². The number of carbonyl (C=O) groups excluding carboxylic acids is 1. The van der Waals surface area contributed by atoms with E-state index in [4.69, 9.17) is 0 Å². The Morgan fingerprint density at radius 3 is 3.12 bits per heavy atom. The van der Waals surface area contributed by atoms with Crippen LogP contribution in [0.15, 0.2) is 29.6 Å². The van der Waals surface area contributed by atoms with Crippen molar-refractivity contribution in [1.82, 2.24) is 9.88 Å². The van der Waals surface area contributed by atoms with E-state index in [9.17, 15) is 14.3 Å². The molecule has 2 heterocycles. The minimum Gasteiger partial charge on any atom is -0.393 e. The summed E-state index contributed by atoms with van der Waals surface area (Å²) < 4.78 is 13.2. The molecule has 128 valence electrons. The van der Waals surface area contributed by atoms with Crippen LogP contribution in [0.5, 0.6) is 0 Å². The van der Waals surface area contributed by atoms with Gasteiger partial charge in [-0.1, -0.05) is 12.1 Å². The van der Waals surface area contributed by atoms with E-state index in [1.54, 1.807) is 23.3 Å². The molecule has 1 amide bonds. The zero-order valence-corrected chi connectivity index (χ0v) is 14.4. The van der Waals surface area contributed by atoms with Gasteiger partial charge in [-0.3, -0.25) is 4.79 Å². The van der Waals surface area contributed by atoms with Crippen molar-refractivity contribution in [1.29, 1.82) is 0 Å². The number of halogens is 1. The molecule has 0 spiro atoms. The second-order valence-electron chi connectivity index (χ2n) is 6.33. The van der Waals surface area contributed by atoms with Crippen LogP contribution in [0.1, 0.15) is 40.8 Å². The molecule has 1 fully saturated rings. The quantitative estimate of drug-likeness (QED) is 0.924. The average Bonchev–Trinajstić information content (AvgIpc) is 3.02. The molecule has 2 unspecified atom stereocenters. The third kappa shape index (κ3) is 3.99. The number of hydrogen-bond donors (Lipinski definition) is 1. The molecule has 0 radical (unpaired) electrons. The number of carbonyl (C=O) groups is 1. The summed E-state index contributed by atoms with van der Waals surface area (Å²) >= 11 is 1.42. The van der Waals surface area contributed by atoms with Gasteiger partial charge >= 0.3 is 0 Å². The summed E-state index contributed by atoms with van der Waals surface area (Å²) in [6.45, 7) is 3.06. The Morgan fingerprint density at radius 1 is 1.54 bits per heavy atom. The van der Waals surface area contributed by atoms with Crippen molar-refractivity contribution in [3.05, 3.63) is 51.7 Å². The molecule has 2 aromatic rings. The second kappa shape index (κ2) is 7.40. The van der Waals surface area contributed by atoms with Gasteiger partial charge in [-0.15, -0.1) is 11.3 Å². The zero-order chi connectivity index (χ0) is 17.1. The Hall–Kier alpha value is -1.79. The van der Waals surface area contributed by atoms with Crippen LogP contribution in [0.25, 0.3) is 0 Å². The van der Waals surface area contributed by atoms with E-state index in [1.807, 2.05) is 6.07 Å². The first-order valence-electron chi connectivity index (χ1n) is 8.19. The fourth-order valence-corrected chi connectivity index (χ4v) is 3.86. The number of likely N-dealkylation sites (tertiary alicyclic amines) is 1. The smallest absolute Gasteiger partial charge is 0.273 e. The van der Waals surface area contributed by atoms with Gasteiger partial charge in [0.05, 0.1) is 11.1 Å². The van der Waals surface area contributed by atoms with Crippen LogP contribution in [0, 0.1) is 11.7 Å². The predicted molar refractivity (Wildman–Crippen MR) is 91.6 cm³/mol. The number of piperidine rings is 1. The van der Waals surface area contributed by atoms with Crippen LogP contribution in [-0.4, -0.2) is 40.1 Å². The van der Waals surface area contributed by atoms with E-state index in [1.165, 1.54) is 23.5 Å². The number of aliphatic hydroxyl groups excluding tert-OH is 1. The monoisotopic (exact) mass is 348 g/mol. The van der Waals surface area contributed by atoms with Crippen LogP contribution < -0.4 is 0 Å². The van der Waals surface area contributed by atoms with Gasteiger partial charge in [0.25, 0.3) is 5.91 Å². The molecule has 0 saturated carbocycles. The van der Waals surface area contributed by atoms with Crippen molar-refractivity contribution >= 4 is 17.2 Å². The largest absolute Gasteiger partial charge is 0.393 e. The first kappa shape index (κ1) is 17.0. The van der Waals surface area contributed by atoms with Crippen molar-refractivity contribution in [3.8, 4) is 0 Å². The molecule has 1 aliphatic heterocycles. The number of hydrogen-bond acceptors (Lipinski definition) is 4. The SMILES string of the molecule is CC(O)C1CCCN(C(=O)c2csc(Cc3cccc(F)c3)n2)C1. The highest BCUT2D eigenvalue weighted by Crippen LogP contribution is 2.22. The molecule has 0 aliphatic carbocycles. The lowest BCUT2D eigenvalue weighted by Crippen LogP contribution is -2.43. The van der Waals surface area contributed by atoms with Crippen molar-refractivity contribution in [3.63, 3.8) is 0 Å². The number of nitrogens with zero attached hydrogens (tertiary/aromatic N) is 2. The molecule has 1 N–H and O–H groups in total. The second-order valence-corrected chi connectivity index (χ2v) is 7.27. The molecule has 24 heavy (non-hydrogen) atoms. The summed E-state index contributed by atoms with van der Waals surface area (Å²) in [5.41, 5.74) is 1.29. The van der Waals surface area contributed by atoms with Gasteiger partial charge in [0.15, 0.2) is 0 Å². The van der Waals surface area contributed by atoms with Crippen molar-refractivity contribution in [2.75, 3.05) is 13.1 Å². The summed E-state index contributed by atoms with van der Waals surface area (Å²) in [6.07, 6.45) is 1.97. The highest BCUT2D eigenvalue weighted by Gasteiger charge is 2.28. The average molecular weight is 348 g/mol. The van der Waals surface area contributed by atoms with Crippen LogP contribution in [0.3, 0.4) is 0 Å².